The molecule has 0 unspecified atom stereocenters. The Labute approximate surface area is 131 Å². The molecule has 118 valence electrons. The Hall–Kier alpha value is -1.56. The molecule has 0 bridgehead atoms. The van der Waals surface area contributed by atoms with Gasteiger partial charge in [0, 0.05) is 0 Å². The molecule has 0 spiro atoms. The molecule has 0 aliphatic rings. The van der Waals surface area contributed by atoms with Gasteiger partial charge in [-0.3, -0.25) is 5.32 Å². The summed E-state index contributed by atoms with van der Waals surface area (Å²) in [6, 6.07) is 3.71. The summed E-state index contributed by atoms with van der Waals surface area (Å²) in [5.41, 5.74) is 0.945. The van der Waals surface area contributed by atoms with Gasteiger partial charge in [-0.15, -0.1) is 0 Å². The van der Waals surface area contributed by atoms with Crippen molar-refractivity contribution >= 4 is 24.4 Å². The van der Waals surface area contributed by atoms with Gasteiger partial charge in [0.1, 0.15) is 5.60 Å². The van der Waals surface area contributed by atoms with Crippen LogP contribution in [0.1, 0.15) is 26.3 Å². The number of benzene rings is 1. The summed E-state index contributed by atoms with van der Waals surface area (Å²) in [4.78, 5) is 11.9. The first-order valence-electron chi connectivity index (χ1n) is 6.66. The third-order valence-electron chi connectivity index (χ3n) is 2.57. The van der Waals surface area contributed by atoms with Gasteiger partial charge < -0.3 is 14.2 Å². The van der Waals surface area contributed by atoms with E-state index in [1.54, 1.807) is 7.11 Å². The summed E-state index contributed by atoms with van der Waals surface area (Å²) in [6.45, 7) is 5.42. The Kier molecular flexibility index (Phi) is 6.20. The molecule has 5 nitrogen and oxygen atoms in total. The van der Waals surface area contributed by atoms with E-state index in [0.717, 1.165) is 12.0 Å². The number of ether oxygens (including phenoxy) is 3. The van der Waals surface area contributed by atoms with E-state index >= 15 is 0 Å². The molecule has 1 N–H and O–H groups in total. The van der Waals surface area contributed by atoms with E-state index in [1.165, 1.54) is 7.11 Å². The van der Waals surface area contributed by atoms with Crippen molar-refractivity contribution in [2.24, 2.45) is 0 Å². The molecular weight excluding hydrogens is 290 g/mol. The summed E-state index contributed by atoms with van der Waals surface area (Å²) < 4.78 is 15.9. The van der Waals surface area contributed by atoms with Gasteiger partial charge in [0.25, 0.3) is 0 Å². The van der Waals surface area contributed by atoms with Gasteiger partial charge in [0.05, 0.1) is 19.9 Å². The van der Waals surface area contributed by atoms with Crippen molar-refractivity contribution in [1.29, 1.82) is 0 Å². The lowest BCUT2D eigenvalue weighted by Gasteiger charge is -2.21. The monoisotopic (exact) mass is 313 g/mol. The molecule has 0 heterocycles. The van der Waals surface area contributed by atoms with Crippen LogP contribution in [0.25, 0.3) is 0 Å². The second kappa shape index (κ2) is 7.45. The molecule has 0 radical (unpaired) electrons. The first-order valence-corrected chi connectivity index (χ1v) is 7.29. The van der Waals surface area contributed by atoms with Crippen molar-refractivity contribution in [3.8, 4) is 11.5 Å². The lowest BCUT2D eigenvalue weighted by atomic mass is 10.1. The highest BCUT2D eigenvalue weighted by Gasteiger charge is 2.19. The standard InChI is InChI=1S/C15H23NO4S/c1-15(2,3)20-14(17)16-11-8-10(6-7-21)9-12(18-4)13(11)19-5/h8-9,21H,6-7H2,1-5H3,(H,16,17). The van der Waals surface area contributed by atoms with Crippen LogP contribution in [-0.2, 0) is 11.2 Å². The van der Waals surface area contributed by atoms with Gasteiger partial charge in [0.2, 0.25) is 0 Å². The number of rotatable bonds is 5. The van der Waals surface area contributed by atoms with Crippen LogP contribution < -0.4 is 14.8 Å². The van der Waals surface area contributed by atoms with Crippen molar-refractivity contribution in [3.63, 3.8) is 0 Å². The van der Waals surface area contributed by atoms with Gasteiger partial charge in [-0.1, -0.05) is 0 Å². The minimum Gasteiger partial charge on any atom is -0.493 e. The van der Waals surface area contributed by atoms with Crippen LogP contribution in [0, 0.1) is 0 Å². The molecule has 1 amide bonds. The average Bonchev–Trinajstić information content (AvgIpc) is 2.36. The summed E-state index contributed by atoms with van der Waals surface area (Å²) in [5, 5.41) is 2.70. The summed E-state index contributed by atoms with van der Waals surface area (Å²) >= 11 is 4.22. The third-order valence-corrected chi connectivity index (χ3v) is 2.80. The van der Waals surface area contributed by atoms with E-state index < -0.39 is 11.7 Å². The summed E-state index contributed by atoms with van der Waals surface area (Å²) in [7, 11) is 3.08. The molecule has 1 rings (SSSR count). The quantitative estimate of drug-likeness (QED) is 0.817. The number of anilines is 1. The number of nitrogens with one attached hydrogen (secondary N) is 1. The van der Waals surface area contributed by atoms with Crippen LogP contribution in [0.2, 0.25) is 0 Å². The Morgan fingerprint density at radius 1 is 1.24 bits per heavy atom. The summed E-state index contributed by atoms with van der Waals surface area (Å²) in [6.07, 6.45) is 0.220. The van der Waals surface area contributed by atoms with Gasteiger partial charge in [0.15, 0.2) is 11.5 Å². The van der Waals surface area contributed by atoms with E-state index in [0.29, 0.717) is 22.9 Å². The molecule has 0 saturated heterocycles. The average molecular weight is 313 g/mol. The minimum atomic E-state index is -0.565. The number of carbonyl (C=O) groups excluding carboxylic acids is 1. The smallest absolute Gasteiger partial charge is 0.412 e. The fraction of sp³-hybridized carbons (Fsp3) is 0.533. The number of hydrogen-bond acceptors (Lipinski definition) is 5. The zero-order valence-electron chi connectivity index (χ0n) is 13.1. The Bertz CT molecular complexity index is 497. The number of methoxy groups -OCH3 is 2. The van der Waals surface area contributed by atoms with Crippen LogP contribution in [0.4, 0.5) is 10.5 Å². The molecule has 0 aliphatic carbocycles. The molecule has 0 fully saturated rings. The van der Waals surface area contributed by atoms with Crippen molar-refractivity contribution < 1.29 is 19.0 Å². The predicted octanol–water partition coefficient (Wildman–Crippen LogP) is 3.52. The molecule has 0 aliphatic heterocycles. The van der Waals surface area contributed by atoms with Gasteiger partial charge in [-0.05, 0) is 50.6 Å². The Morgan fingerprint density at radius 3 is 2.38 bits per heavy atom. The fourth-order valence-corrected chi connectivity index (χ4v) is 2.06. The highest BCUT2D eigenvalue weighted by molar-refractivity contribution is 7.80. The van der Waals surface area contributed by atoms with E-state index in [9.17, 15) is 4.79 Å². The number of thiol groups is 1. The maximum atomic E-state index is 11.9. The highest BCUT2D eigenvalue weighted by Crippen LogP contribution is 2.37. The highest BCUT2D eigenvalue weighted by atomic mass is 32.1. The third kappa shape index (κ3) is 5.38. The normalized spacial score (nSPS) is 11.0. The van der Waals surface area contributed by atoms with Crippen molar-refractivity contribution in [2.45, 2.75) is 32.8 Å². The zero-order valence-corrected chi connectivity index (χ0v) is 14.0. The topological polar surface area (TPSA) is 56.8 Å². The molecule has 21 heavy (non-hydrogen) atoms. The lowest BCUT2D eigenvalue weighted by molar-refractivity contribution is 0.0635. The zero-order chi connectivity index (χ0) is 16.0. The molecule has 0 aromatic heterocycles. The van der Waals surface area contributed by atoms with Crippen molar-refractivity contribution in [2.75, 3.05) is 25.3 Å². The van der Waals surface area contributed by atoms with Crippen LogP contribution in [0.3, 0.4) is 0 Å². The van der Waals surface area contributed by atoms with Crippen LogP contribution in [0.15, 0.2) is 12.1 Å². The SMILES string of the molecule is COc1cc(CCS)cc(NC(=O)OC(C)(C)C)c1OC. The Morgan fingerprint density at radius 2 is 1.90 bits per heavy atom. The number of hydrogen-bond donors (Lipinski definition) is 2. The van der Waals surface area contributed by atoms with Gasteiger partial charge in [-0.2, -0.15) is 12.6 Å². The Balaban J connectivity index is 3.08. The van der Waals surface area contributed by atoms with Crippen molar-refractivity contribution in [1.82, 2.24) is 0 Å². The number of carbonyl (C=O) groups is 1. The fourth-order valence-electron chi connectivity index (χ4n) is 1.80. The molecule has 0 saturated carbocycles. The van der Waals surface area contributed by atoms with Gasteiger partial charge >= 0.3 is 6.09 Å². The van der Waals surface area contributed by atoms with Crippen molar-refractivity contribution in [3.05, 3.63) is 17.7 Å². The lowest BCUT2D eigenvalue weighted by Crippen LogP contribution is -2.27. The molecular formula is C15H23NO4S. The molecule has 0 atom stereocenters. The maximum absolute atomic E-state index is 11.9. The molecule has 6 heteroatoms. The van der Waals surface area contributed by atoms with E-state index in [1.807, 2.05) is 32.9 Å². The maximum Gasteiger partial charge on any atom is 0.412 e. The molecule has 1 aromatic rings. The first-order chi connectivity index (χ1) is 9.80. The first kappa shape index (κ1) is 17.5. The summed E-state index contributed by atoms with van der Waals surface area (Å²) in [5.74, 6) is 1.72. The van der Waals surface area contributed by atoms with Gasteiger partial charge in [-0.25, -0.2) is 4.79 Å². The number of aryl methyl sites for hydroxylation is 1. The van der Waals surface area contributed by atoms with Crippen LogP contribution >= 0.6 is 12.6 Å². The van der Waals surface area contributed by atoms with E-state index in [4.69, 9.17) is 14.2 Å². The van der Waals surface area contributed by atoms with Crippen LogP contribution in [0.5, 0.6) is 11.5 Å². The second-order valence-corrected chi connectivity index (χ2v) is 5.93. The predicted molar refractivity (Wildman–Crippen MR) is 87.0 cm³/mol. The van der Waals surface area contributed by atoms with E-state index in [2.05, 4.69) is 17.9 Å². The van der Waals surface area contributed by atoms with E-state index in [-0.39, 0.29) is 0 Å². The molecule has 1 aromatic carbocycles. The second-order valence-electron chi connectivity index (χ2n) is 5.48. The largest absolute Gasteiger partial charge is 0.493 e. The minimum absolute atomic E-state index is 0.464. The van der Waals surface area contributed by atoms with Crippen LogP contribution in [-0.4, -0.2) is 31.7 Å². The number of amides is 1.